The van der Waals surface area contributed by atoms with Crippen LogP contribution in [0.3, 0.4) is 0 Å². The van der Waals surface area contributed by atoms with Crippen LogP contribution in [0.15, 0.2) is 36.5 Å². The number of nitrogens with one attached hydrogen (secondary N) is 1. The average Bonchev–Trinajstić information content (AvgIpc) is 2.98. The normalized spacial score (nSPS) is 21.1. The van der Waals surface area contributed by atoms with Gasteiger partial charge in [-0.2, -0.15) is 5.10 Å². The van der Waals surface area contributed by atoms with Crippen molar-refractivity contribution in [2.75, 3.05) is 6.61 Å². The van der Waals surface area contributed by atoms with Crippen LogP contribution in [0.5, 0.6) is 5.75 Å². The molecule has 6 heteroatoms. The highest BCUT2D eigenvalue weighted by molar-refractivity contribution is 5.95. The number of benzene rings is 1. The van der Waals surface area contributed by atoms with Gasteiger partial charge in [0.25, 0.3) is 5.91 Å². The van der Waals surface area contributed by atoms with E-state index in [-0.39, 0.29) is 30.0 Å². The van der Waals surface area contributed by atoms with E-state index in [4.69, 9.17) is 5.11 Å². The molecule has 0 bridgehead atoms. The molecule has 1 heterocycles. The van der Waals surface area contributed by atoms with E-state index in [1.807, 2.05) is 30.3 Å². The van der Waals surface area contributed by atoms with Gasteiger partial charge in [0, 0.05) is 12.6 Å². The summed E-state index contributed by atoms with van der Waals surface area (Å²) in [5.41, 5.74) is 0.823. The van der Waals surface area contributed by atoms with Crippen molar-refractivity contribution in [2.24, 2.45) is 5.92 Å². The summed E-state index contributed by atoms with van der Waals surface area (Å²) in [7, 11) is 0. The standard InChI is InChI=1S/C17H21N3O3/c21-11-12-6-8-13(9-7-12)18-17(23)16-15(22)10-20(19-16)14-4-2-1-3-5-14/h1-5,10,12-13,21-22H,6-9,11H2,(H,18,23). The Morgan fingerprint density at radius 1 is 1.22 bits per heavy atom. The van der Waals surface area contributed by atoms with Crippen LogP contribution >= 0.6 is 0 Å². The molecule has 1 aliphatic rings. The van der Waals surface area contributed by atoms with E-state index >= 15 is 0 Å². The van der Waals surface area contributed by atoms with Crippen LogP contribution in [0.25, 0.3) is 5.69 Å². The van der Waals surface area contributed by atoms with Gasteiger partial charge in [0.2, 0.25) is 0 Å². The van der Waals surface area contributed by atoms with Crippen molar-refractivity contribution in [1.82, 2.24) is 15.1 Å². The SMILES string of the molecule is O=C(NC1CCC(CO)CC1)c1nn(-c2ccccc2)cc1O. The number of para-hydroxylation sites is 1. The zero-order chi connectivity index (χ0) is 16.2. The van der Waals surface area contributed by atoms with Gasteiger partial charge in [0.15, 0.2) is 11.4 Å². The maximum absolute atomic E-state index is 12.3. The highest BCUT2D eigenvalue weighted by Crippen LogP contribution is 2.24. The molecular formula is C17H21N3O3. The first kappa shape index (κ1) is 15.6. The quantitative estimate of drug-likeness (QED) is 0.803. The molecule has 1 fully saturated rings. The van der Waals surface area contributed by atoms with E-state index in [0.29, 0.717) is 5.92 Å². The molecule has 0 radical (unpaired) electrons. The third-order valence-electron chi connectivity index (χ3n) is 4.37. The second-order valence-corrected chi connectivity index (χ2v) is 6.02. The highest BCUT2D eigenvalue weighted by atomic mass is 16.3. The minimum atomic E-state index is -0.357. The van der Waals surface area contributed by atoms with E-state index < -0.39 is 0 Å². The number of aromatic nitrogens is 2. The molecule has 3 rings (SSSR count). The van der Waals surface area contributed by atoms with Crippen LogP contribution in [-0.4, -0.2) is 38.5 Å². The average molecular weight is 315 g/mol. The van der Waals surface area contributed by atoms with Crippen LogP contribution in [-0.2, 0) is 0 Å². The minimum Gasteiger partial charge on any atom is -0.504 e. The molecule has 1 saturated carbocycles. The van der Waals surface area contributed by atoms with Gasteiger partial charge in [-0.3, -0.25) is 4.79 Å². The van der Waals surface area contributed by atoms with Crippen molar-refractivity contribution in [2.45, 2.75) is 31.7 Å². The zero-order valence-corrected chi connectivity index (χ0v) is 12.9. The van der Waals surface area contributed by atoms with E-state index in [2.05, 4.69) is 10.4 Å². The number of aliphatic hydroxyl groups excluding tert-OH is 1. The summed E-state index contributed by atoms with van der Waals surface area (Å²) < 4.78 is 1.49. The fourth-order valence-electron chi connectivity index (χ4n) is 2.98. The van der Waals surface area contributed by atoms with Crippen molar-refractivity contribution in [1.29, 1.82) is 0 Å². The Morgan fingerprint density at radius 3 is 2.57 bits per heavy atom. The Bertz CT molecular complexity index is 661. The topological polar surface area (TPSA) is 87.4 Å². The fourth-order valence-corrected chi connectivity index (χ4v) is 2.98. The second kappa shape index (κ2) is 6.83. The maximum Gasteiger partial charge on any atom is 0.275 e. The van der Waals surface area contributed by atoms with E-state index in [1.165, 1.54) is 10.9 Å². The molecule has 0 aliphatic heterocycles. The lowest BCUT2D eigenvalue weighted by Gasteiger charge is -2.27. The molecular weight excluding hydrogens is 294 g/mol. The van der Waals surface area contributed by atoms with Gasteiger partial charge < -0.3 is 15.5 Å². The lowest BCUT2D eigenvalue weighted by Crippen LogP contribution is -2.38. The second-order valence-electron chi connectivity index (χ2n) is 6.02. The summed E-state index contributed by atoms with van der Waals surface area (Å²) in [4.78, 5) is 12.3. The molecule has 1 aromatic carbocycles. The third kappa shape index (κ3) is 3.53. The molecule has 0 atom stereocenters. The molecule has 3 N–H and O–H groups in total. The lowest BCUT2D eigenvalue weighted by molar-refractivity contribution is 0.0906. The van der Waals surface area contributed by atoms with Gasteiger partial charge in [0.05, 0.1) is 11.9 Å². The number of hydrogen-bond acceptors (Lipinski definition) is 4. The number of carbonyl (C=O) groups is 1. The van der Waals surface area contributed by atoms with Crippen molar-refractivity contribution >= 4 is 5.91 Å². The van der Waals surface area contributed by atoms with Gasteiger partial charge in [-0.05, 0) is 43.7 Å². The maximum atomic E-state index is 12.3. The highest BCUT2D eigenvalue weighted by Gasteiger charge is 2.24. The van der Waals surface area contributed by atoms with Crippen LogP contribution in [0.1, 0.15) is 36.2 Å². The minimum absolute atomic E-state index is 0.0399. The third-order valence-corrected chi connectivity index (χ3v) is 4.37. The smallest absolute Gasteiger partial charge is 0.275 e. The number of amides is 1. The molecule has 1 aromatic heterocycles. The Labute approximate surface area is 134 Å². The first-order valence-corrected chi connectivity index (χ1v) is 7.93. The lowest BCUT2D eigenvalue weighted by atomic mass is 9.86. The van der Waals surface area contributed by atoms with Gasteiger partial charge >= 0.3 is 0 Å². The number of rotatable bonds is 4. The first-order chi connectivity index (χ1) is 11.2. The first-order valence-electron chi connectivity index (χ1n) is 7.93. The molecule has 2 aromatic rings. The van der Waals surface area contributed by atoms with E-state index in [1.54, 1.807) is 0 Å². The summed E-state index contributed by atoms with van der Waals surface area (Å²) >= 11 is 0. The Morgan fingerprint density at radius 2 is 1.91 bits per heavy atom. The van der Waals surface area contributed by atoms with Crippen LogP contribution in [0.2, 0.25) is 0 Å². The van der Waals surface area contributed by atoms with Crippen molar-refractivity contribution in [3.05, 3.63) is 42.2 Å². The van der Waals surface area contributed by atoms with Gasteiger partial charge in [0.1, 0.15) is 0 Å². The van der Waals surface area contributed by atoms with Gasteiger partial charge in [-0.25, -0.2) is 4.68 Å². The monoisotopic (exact) mass is 315 g/mol. The summed E-state index contributed by atoms with van der Waals surface area (Å²) in [5, 5.41) is 26.3. The molecule has 1 amide bonds. The van der Waals surface area contributed by atoms with Crippen molar-refractivity contribution in [3.63, 3.8) is 0 Å². The van der Waals surface area contributed by atoms with Gasteiger partial charge in [-0.1, -0.05) is 18.2 Å². The Kier molecular flexibility index (Phi) is 4.62. The van der Waals surface area contributed by atoms with Crippen LogP contribution in [0, 0.1) is 5.92 Å². The van der Waals surface area contributed by atoms with Crippen molar-refractivity contribution in [3.8, 4) is 11.4 Å². The summed E-state index contributed by atoms with van der Waals surface area (Å²) in [6.07, 6.45) is 4.94. The van der Waals surface area contributed by atoms with Gasteiger partial charge in [-0.15, -0.1) is 0 Å². The van der Waals surface area contributed by atoms with Crippen molar-refractivity contribution < 1.29 is 15.0 Å². The molecule has 0 spiro atoms. The summed E-state index contributed by atoms with van der Waals surface area (Å²) in [5.74, 6) is -0.145. The number of aliphatic hydroxyl groups is 1. The number of hydrogen-bond donors (Lipinski definition) is 3. The van der Waals surface area contributed by atoms with E-state index in [0.717, 1.165) is 31.4 Å². The Hall–Kier alpha value is -2.34. The van der Waals surface area contributed by atoms with Crippen LogP contribution < -0.4 is 5.32 Å². The summed E-state index contributed by atoms with van der Waals surface area (Å²) in [6.45, 7) is 0.211. The number of carbonyl (C=O) groups excluding carboxylic acids is 1. The number of nitrogens with zero attached hydrogens (tertiary/aromatic N) is 2. The largest absolute Gasteiger partial charge is 0.504 e. The predicted octanol–water partition coefficient (Wildman–Crippen LogP) is 1.86. The molecule has 23 heavy (non-hydrogen) atoms. The van der Waals surface area contributed by atoms with E-state index in [9.17, 15) is 9.90 Å². The number of aromatic hydroxyl groups is 1. The molecule has 122 valence electrons. The molecule has 0 unspecified atom stereocenters. The van der Waals surface area contributed by atoms with Crippen LogP contribution in [0.4, 0.5) is 0 Å². The Balaban J connectivity index is 1.67. The predicted molar refractivity (Wildman–Crippen MR) is 85.5 cm³/mol. The summed E-state index contributed by atoms with van der Waals surface area (Å²) in [6, 6.07) is 9.41. The molecule has 6 nitrogen and oxygen atoms in total. The fraction of sp³-hybridized carbons (Fsp3) is 0.412. The zero-order valence-electron chi connectivity index (χ0n) is 12.9. The molecule has 1 aliphatic carbocycles. The molecule has 0 saturated heterocycles.